The monoisotopic (exact) mass is 890 g/mol. The van der Waals surface area contributed by atoms with Gasteiger partial charge in [-0.3, -0.25) is 4.18 Å². The van der Waals surface area contributed by atoms with Crippen LogP contribution in [0.15, 0.2) is 29.2 Å². The topological polar surface area (TPSA) is 191 Å². The Labute approximate surface area is 358 Å². The van der Waals surface area contributed by atoms with Crippen molar-refractivity contribution in [3.63, 3.8) is 0 Å². The molecule has 0 amide bonds. The van der Waals surface area contributed by atoms with Crippen LogP contribution in [0.25, 0.3) is 0 Å². The lowest BCUT2D eigenvalue weighted by molar-refractivity contribution is -0.0303. The van der Waals surface area contributed by atoms with Crippen LogP contribution in [0.4, 0.5) is 0 Å². The van der Waals surface area contributed by atoms with Gasteiger partial charge in [-0.15, -0.1) is 0 Å². The van der Waals surface area contributed by atoms with E-state index in [-0.39, 0.29) is 18.1 Å². The number of benzene rings is 1. The summed E-state index contributed by atoms with van der Waals surface area (Å²) in [4.78, 5) is 0.125. The first kappa shape index (κ1) is 56.5. The minimum atomic E-state index is -3.78. The van der Waals surface area contributed by atoms with E-state index in [4.69, 9.17) is 80.0 Å². The molecule has 0 bridgehead atoms. The lowest BCUT2D eigenvalue weighted by Gasteiger charge is -2.09. The summed E-state index contributed by atoms with van der Waals surface area (Å²) in [6.07, 6.45) is 0. The molecule has 20 heteroatoms. The van der Waals surface area contributed by atoms with E-state index >= 15 is 0 Å². The zero-order valence-corrected chi connectivity index (χ0v) is 36.9. The summed E-state index contributed by atoms with van der Waals surface area (Å²) in [6.45, 7) is 16.5. The molecule has 0 spiro atoms. The summed E-state index contributed by atoms with van der Waals surface area (Å²) < 4.78 is 116. The van der Waals surface area contributed by atoms with Gasteiger partial charge in [0.25, 0.3) is 10.1 Å². The van der Waals surface area contributed by atoms with Gasteiger partial charge in [-0.05, 0) is 19.1 Å². The Kier molecular flexibility index (Phi) is 42.9. The second-order valence-electron chi connectivity index (χ2n) is 12.3. The van der Waals surface area contributed by atoms with Crippen molar-refractivity contribution in [2.45, 2.75) is 11.8 Å². The van der Waals surface area contributed by atoms with Crippen LogP contribution < -0.4 is 0 Å². The quantitative estimate of drug-likeness (QED) is 0.0677. The lowest BCUT2D eigenvalue weighted by atomic mass is 10.2. The van der Waals surface area contributed by atoms with Gasteiger partial charge in [-0.25, -0.2) is 0 Å². The smallest absolute Gasteiger partial charge is 0.297 e. The van der Waals surface area contributed by atoms with Crippen LogP contribution in [0.5, 0.6) is 0 Å². The van der Waals surface area contributed by atoms with Crippen LogP contribution in [0.3, 0.4) is 0 Å². The van der Waals surface area contributed by atoms with Crippen molar-refractivity contribution in [3.05, 3.63) is 29.8 Å². The average molecular weight is 891 g/mol. The third kappa shape index (κ3) is 40.6. The van der Waals surface area contributed by atoms with E-state index in [0.29, 0.717) is 198 Å². The number of hydrogen-bond acceptors (Lipinski definition) is 19. The van der Waals surface area contributed by atoms with Crippen LogP contribution in [0.2, 0.25) is 0 Å². The van der Waals surface area contributed by atoms with E-state index in [1.165, 1.54) is 12.1 Å². The summed E-state index contributed by atoms with van der Waals surface area (Å²) in [5.74, 6) is 0. The lowest BCUT2D eigenvalue weighted by Crippen LogP contribution is -2.16. The highest BCUT2D eigenvalue weighted by Gasteiger charge is 2.14. The van der Waals surface area contributed by atoms with Crippen molar-refractivity contribution in [2.24, 2.45) is 0 Å². The minimum Gasteiger partial charge on any atom is -0.382 e. The molecule has 0 unspecified atom stereocenters. The zero-order chi connectivity index (χ0) is 43.1. The fourth-order valence-electron chi connectivity index (χ4n) is 4.30. The molecule has 0 heterocycles. The molecular weight excluding hydrogens is 816 g/mol. The number of aryl methyl sites for hydroxylation is 1. The Bertz CT molecular complexity index is 1100. The highest BCUT2D eigenvalue weighted by atomic mass is 32.2. The van der Waals surface area contributed by atoms with Crippen LogP contribution in [0.1, 0.15) is 5.56 Å². The summed E-state index contributed by atoms with van der Waals surface area (Å²) in [5.41, 5.74) is 0.972. The molecule has 0 radical (unpaired) electrons. The van der Waals surface area contributed by atoms with Crippen LogP contribution in [-0.4, -0.2) is 227 Å². The normalized spacial score (nSPS) is 11.9. The first-order valence-corrected chi connectivity index (χ1v) is 22.1. The molecule has 0 atom stereocenters. The molecule has 0 fully saturated rings. The fraction of sp³-hybridized carbons (Fsp3) is 0.850. The highest BCUT2D eigenvalue weighted by Crippen LogP contribution is 2.13. The highest BCUT2D eigenvalue weighted by molar-refractivity contribution is 7.86. The van der Waals surface area contributed by atoms with E-state index in [9.17, 15) is 8.42 Å². The Morgan fingerprint density at radius 2 is 0.483 bits per heavy atom. The van der Waals surface area contributed by atoms with Gasteiger partial charge in [0.05, 0.1) is 216 Å². The predicted molar refractivity (Wildman–Crippen MR) is 218 cm³/mol. The molecule has 0 aliphatic heterocycles. The number of methoxy groups -OCH3 is 1. The number of hydrogen-bond donors (Lipinski definition) is 0. The standard InChI is InChI=1S/C40H74O19S/c1-39-3-5-40(6-4-39)60(41,42)59-38-37-58-36-35-57-34-33-56-32-31-55-30-29-54-28-27-53-26-25-52-24-23-51-22-21-50-20-19-49-18-17-48-16-15-47-14-13-46-12-11-45-10-9-44-8-7-43-2/h3-6H,7-38H2,1-2H3. The molecule has 1 rings (SSSR count). The van der Waals surface area contributed by atoms with E-state index in [1.807, 2.05) is 6.92 Å². The van der Waals surface area contributed by atoms with Gasteiger partial charge < -0.3 is 75.8 Å². The third-order valence-electron chi connectivity index (χ3n) is 7.42. The van der Waals surface area contributed by atoms with Gasteiger partial charge in [0.2, 0.25) is 0 Å². The maximum absolute atomic E-state index is 12.1. The van der Waals surface area contributed by atoms with E-state index in [2.05, 4.69) is 0 Å². The van der Waals surface area contributed by atoms with E-state index in [0.717, 1.165) is 5.56 Å². The Morgan fingerprint density at radius 1 is 0.300 bits per heavy atom. The van der Waals surface area contributed by atoms with Crippen molar-refractivity contribution >= 4 is 10.1 Å². The van der Waals surface area contributed by atoms with Crippen molar-refractivity contribution in [1.82, 2.24) is 0 Å². The number of rotatable bonds is 50. The Hall–Kier alpha value is -1.51. The third-order valence-corrected chi connectivity index (χ3v) is 8.74. The van der Waals surface area contributed by atoms with E-state index in [1.54, 1.807) is 19.2 Å². The maximum Gasteiger partial charge on any atom is 0.297 e. The molecule has 1 aromatic carbocycles. The number of ether oxygens (including phenoxy) is 16. The van der Waals surface area contributed by atoms with Gasteiger partial charge in [0.15, 0.2) is 0 Å². The molecule has 0 N–H and O–H groups in total. The largest absolute Gasteiger partial charge is 0.382 e. The first-order chi connectivity index (χ1) is 29.6. The minimum absolute atomic E-state index is 0.0644. The summed E-state index contributed by atoms with van der Waals surface area (Å²) in [5, 5.41) is 0. The Morgan fingerprint density at radius 3 is 0.683 bits per heavy atom. The molecule has 60 heavy (non-hydrogen) atoms. The van der Waals surface area contributed by atoms with Gasteiger partial charge in [0, 0.05) is 7.11 Å². The van der Waals surface area contributed by atoms with E-state index < -0.39 is 10.1 Å². The van der Waals surface area contributed by atoms with Gasteiger partial charge in [-0.1, -0.05) is 17.7 Å². The predicted octanol–water partition coefficient (Wildman–Crippen LogP) is 1.60. The summed E-state index contributed by atoms with van der Waals surface area (Å²) in [7, 11) is -2.14. The van der Waals surface area contributed by atoms with Crippen molar-refractivity contribution in [2.75, 3.05) is 219 Å². The first-order valence-electron chi connectivity index (χ1n) is 20.7. The molecule has 1 aromatic rings. The van der Waals surface area contributed by atoms with Crippen LogP contribution >= 0.6 is 0 Å². The molecular formula is C40H74O19S. The SMILES string of the molecule is COCCOCCOCCOCCOCCOCCOCCOCCOCCOCCOCCOCCOCCOCCOCCOCCOS(=O)(=O)c1ccc(C)cc1. The molecule has 0 aliphatic rings. The van der Waals surface area contributed by atoms with Crippen molar-refractivity contribution in [3.8, 4) is 0 Å². The molecule has 354 valence electrons. The van der Waals surface area contributed by atoms with Gasteiger partial charge >= 0.3 is 0 Å². The maximum atomic E-state index is 12.1. The zero-order valence-electron chi connectivity index (χ0n) is 36.1. The molecule has 0 saturated heterocycles. The second-order valence-corrected chi connectivity index (χ2v) is 13.9. The van der Waals surface area contributed by atoms with Crippen LogP contribution in [-0.2, 0) is 90.1 Å². The van der Waals surface area contributed by atoms with Crippen LogP contribution in [0, 0.1) is 6.92 Å². The molecule has 0 saturated carbocycles. The van der Waals surface area contributed by atoms with Crippen molar-refractivity contribution < 1.29 is 88.4 Å². The van der Waals surface area contributed by atoms with Crippen molar-refractivity contribution in [1.29, 1.82) is 0 Å². The summed E-state index contributed by atoms with van der Waals surface area (Å²) >= 11 is 0. The average Bonchev–Trinajstić information content (AvgIpc) is 3.24. The fourth-order valence-corrected chi connectivity index (χ4v) is 5.19. The Balaban J connectivity index is 1.63. The molecule has 0 aliphatic carbocycles. The summed E-state index contributed by atoms with van der Waals surface area (Å²) in [6, 6.07) is 6.48. The van der Waals surface area contributed by atoms with Gasteiger partial charge in [-0.2, -0.15) is 8.42 Å². The second kappa shape index (κ2) is 45.5. The molecule has 19 nitrogen and oxygen atoms in total. The molecule has 0 aromatic heterocycles. The van der Waals surface area contributed by atoms with Gasteiger partial charge in [0.1, 0.15) is 0 Å².